The number of carbonyl (C=O) groups is 2. The lowest BCUT2D eigenvalue weighted by Gasteiger charge is -2.37. The number of anilines is 1. The molecule has 1 N–H and O–H groups in total. The van der Waals surface area contributed by atoms with E-state index in [1.165, 1.54) is 4.90 Å². The van der Waals surface area contributed by atoms with Crippen LogP contribution in [0.3, 0.4) is 0 Å². The minimum absolute atomic E-state index is 0.0570. The third-order valence-corrected chi connectivity index (χ3v) is 4.04. The SMILES string of the molecule is CC1(C)NC(=O)CN(c2ccc(I)cc2Br)C1=O. The quantitative estimate of drug-likeness (QED) is 0.706. The first-order chi connectivity index (χ1) is 8.31. The number of carbonyl (C=O) groups excluding carboxylic acids is 2. The molecule has 1 aromatic carbocycles. The van der Waals surface area contributed by atoms with E-state index in [1.54, 1.807) is 13.8 Å². The molecule has 1 saturated heterocycles. The standard InChI is InChI=1S/C12H12BrIN2O2/c1-12(2)11(18)16(6-10(17)15-12)9-4-3-7(14)5-8(9)13/h3-5H,6H2,1-2H3,(H,15,17). The van der Waals surface area contributed by atoms with E-state index in [-0.39, 0.29) is 18.4 Å². The fraction of sp³-hybridized carbons (Fsp3) is 0.333. The molecule has 0 bridgehead atoms. The molecule has 18 heavy (non-hydrogen) atoms. The number of nitrogens with one attached hydrogen (secondary N) is 1. The molecular formula is C12H12BrIN2O2. The van der Waals surface area contributed by atoms with Crippen LogP contribution in [0.4, 0.5) is 5.69 Å². The zero-order valence-corrected chi connectivity index (χ0v) is 13.7. The number of hydrogen-bond donors (Lipinski definition) is 1. The van der Waals surface area contributed by atoms with Crippen LogP contribution in [0.2, 0.25) is 0 Å². The fourth-order valence-corrected chi connectivity index (χ4v) is 3.40. The Labute approximate surface area is 127 Å². The maximum absolute atomic E-state index is 12.3. The van der Waals surface area contributed by atoms with Crippen molar-refractivity contribution in [2.24, 2.45) is 0 Å². The Hall–Kier alpha value is -0.630. The summed E-state index contributed by atoms with van der Waals surface area (Å²) >= 11 is 5.63. The number of nitrogens with zero attached hydrogens (tertiary/aromatic N) is 1. The zero-order chi connectivity index (χ0) is 13.5. The first-order valence-electron chi connectivity index (χ1n) is 5.39. The summed E-state index contributed by atoms with van der Waals surface area (Å²) in [6.45, 7) is 3.47. The van der Waals surface area contributed by atoms with Crippen molar-refractivity contribution in [3.05, 3.63) is 26.2 Å². The van der Waals surface area contributed by atoms with Gasteiger partial charge < -0.3 is 5.32 Å². The molecule has 1 aliphatic rings. The van der Waals surface area contributed by atoms with Crippen molar-refractivity contribution in [3.8, 4) is 0 Å². The number of amides is 2. The van der Waals surface area contributed by atoms with Crippen molar-refractivity contribution < 1.29 is 9.59 Å². The summed E-state index contributed by atoms with van der Waals surface area (Å²) in [5, 5.41) is 2.69. The Bertz CT molecular complexity index is 531. The molecule has 2 rings (SSSR count). The Morgan fingerprint density at radius 2 is 2.06 bits per heavy atom. The summed E-state index contributed by atoms with van der Waals surface area (Å²) in [5.74, 6) is -0.256. The van der Waals surface area contributed by atoms with Crippen LogP contribution >= 0.6 is 38.5 Å². The van der Waals surface area contributed by atoms with E-state index >= 15 is 0 Å². The van der Waals surface area contributed by atoms with Gasteiger partial charge >= 0.3 is 0 Å². The second-order valence-corrected chi connectivity index (χ2v) is 6.76. The van der Waals surface area contributed by atoms with Crippen LogP contribution in [0.15, 0.2) is 22.7 Å². The average Bonchev–Trinajstić information content (AvgIpc) is 2.23. The highest BCUT2D eigenvalue weighted by Crippen LogP contribution is 2.30. The predicted octanol–water partition coefficient (Wildman–Crippen LogP) is 2.30. The van der Waals surface area contributed by atoms with Gasteiger partial charge in [-0.15, -0.1) is 0 Å². The van der Waals surface area contributed by atoms with Crippen LogP contribution in [0.5, 0.6) is 0 Å². The average molecular weight is 423 g/mol. The molecule has 0 saturated carbocycles. The molecule has 96 valence electrons. The summed E-state index contributed by atoms with van der Waals surface area (Å²) in [6, 6.07) is 5.68. The lowest BCUT2D eigenvalue weighted by molar-refractivity contribution is -0.134. The Balaban J connectivity index is 2.43. The van der Waals surface area contributed by atoms with E-state index in [1.807, 2.05) is 18.2 Å². The fourth-order valence-electron chi connectivity index (χ4n) is 1.89. The number of hydrogen-bond acceptors (Lipinski definition) is 2. The second-order valence-electron chi connectivity index (χ2n) is 4.66. The molecule has 1 heterocycles. The topological polar surface area (TPSA) is 49.4 Å². The van der Waals surface area contributed by atoms with E-state index in [2.05, 4.69) is 43.8 Å². The second kappa shape index (κ2) is 4.80. The summed E-state index contributed by atoms with van der Waals surface area (Å²) in [7, 11) is 0. The Morgan fingerprint density at radius 3 is 2.67 bits per heavy atom. The van der Waals surface area contributed by atoms with Crippen molar-refractivity contribution in [2.75, 3.05) is 11.4 Å². The van der Waals surface area contributed by atoms with Gasteiger partial charge in [-0.1, -0.05) is 0 Å². The van der Waals surface area contributed by atoms with Gasteiger partial charge in [0.2, 0.25) is 5.91 Å². The van der Waals surface area contributed by atoms with Crippen LogP contribution in [0.25, 0.3) is 0 Å². The molecule has 1 aliphatic heterocycles. The Kier molecular flexibility index (Phi) is 3.68. The molecule has 6 heteroatoms. The third-order valence-electron chi connectivity index (χ3n) is 2.73. The molecular weight excluding hydrogens is 411 g/mol. The smallest absolute Gasteiger partial charge is 0.252 e. The molecule has 0 unspecified atom stereocenters. The van der Waals surface area contributed by atoms with E-state index in [0.29, 0.717) is 0 Å². The van der Waals surface area contributed by atoms with Crippen molar-refractivity contribution >= 4 is 56.0 Å². The largest absolute Gasteiger partial charge is 0.341 e. The lowest BCUT2D eigenvalue weighted by atomic mass is 10.00. The molecule has 1 aromatic rings. The Morgan fingerprint density at radius 1 is 1.39 bits per heavy atom. The normalized spacial score (nSPS) is 18.8. The number of rotatable bonds is 1. The molecule has 0 spiro atoms. The van der Waals surface area contributed by atoms with E-state index in [0.717, 1.165) is 13.7 Å². The van der Waals surface area contributed by atoms with Crippen molar-refractivity contribution in [3.63, 3.8) is 0 Å². The first-order valence-corrected chi connectivity index (χ1v) is 7.26. The third kappa shape index (κ3) is 2.54. The van der Waals surface area contributed by atoms with Crippen LogP contribution in [0, 0.1) is 3.57 Å². The lowest BCUT2D eigenvalue weighted by Crippen LogP contribution is -2.64. The first kappa shape index (κ1) is 13.8. The highest BCUT2D eigenvalue weighted by Gasteiger charge is 2.40. The highest BCUT2D eigenvalue weighted by molar-refractivity contribution is 14.1. The van der Waals surface area contributed by atoms with Gasteiger partial charge in [0.15, 0.2) is 0 Å². The van der Waals surface area contributed by atoms with E-state index in [9.17, 15) is 9.59 Å². The zero-order valence-electron chi connectivity index (χ0n) is 9.96. The minimum atomic E-state index is -0.863. The molecule has 1 fully saturated rings. The molecule has 0 radical (unpaired) electrons. The van der Waals surface area contributed by atoms with E-state index in [4.69, 9.17) is 0 Å². The van der Waals surface area contributed by atoms with Crippen LogP contribution < -0.4 is 10.2 Å². The van der Waals surface area contributed by atoms with E-state index < -0.39 is 5.54 Å². The molecule has 0 atom stereocenters. The molecule has 2 amide bonds. The van der Waals surface area contributed by atoms with Crippen molar-refractivity contribution in [2.45, 2.75) is 19.4 Å². The summed E-state index contributed by atoms with van der Waals surface area (Å²) in [5.41, 5.74) is -0.138. The minimum Gasteiger partial charge on any atom is -0.341 e. The maximum atomic E-state index is 12.3. The summed E-state index contributed by atoms with van der Waals surface area (Å²) in [4.78, 5) is 25.5. The van der Waals surface area contributed by atoms with Gasteiger partial charge in [-0.25, -0.2) is 0 Å². The van der Waals surface area contributed by atoms with Gasteiger partial charge in [0, 0.05) is 8.04 Å². The summed E-state index contributed by atoms with van der Waals surface area (Å²) in [6.07, 6.45) is 0. The highest BCUT2D eigenvalue weighted by atomic mass is 127. The van der Waals surface area contributed by atoms with Gasteiger partial charge in [-0.3, -0.25) is 14.5 Å². The monoisotopic (exact) mass is 422 g/mol. The van der Waals surface area contributed by atoms with Crippen molar-refractivity contribution in [1.29, 1.82) is 0 Å². The summed E-state index contributed by atoms with van der Waals surface area (Å²) < 4.78 is 1.88. The van der Waals surface area contributed by atoms with Gasteiger partial charge in [-0.2, -0.15) is 0 Å². The molecule has 0 aromatic heterocycles. The predicted molar refractivity (Wildman–Crippen MR) is 81.4 cm³/mol. The van der Waals surface area contributed by atoms with Crippen molar-refractivity contribution in [1.82, 2.24) is 5.32 Å². The number of piperazine rings is 1. The van der Waals surface area contributed by atoms with Gasteiger partial charge in [0.25, 0.3) is 5.91 Å². The van der Waals surface area contributed by atoms with Gasteiger partial charge in [-0.05, 0) is 70.6 Å². The van der Waals surface area contributed by atoms with Gasteiger partial charge in [0.05, 0.1) is 5.69 Å². The molecule has 0 aliphatic carbocycles. The van der Waals surface area contributed by atoms with Crippen LogP contribution in [-0.4, -0.2) is 23.9 Å². The number of benzene rings is 1. The maximum Gasteiger partial charge on any atom is 0.252 e. The van der Waals surface area contributed by atoms with Crippen LogP contribution in [0.1, 0.15) is 13.8 Å². The molecule has 4 nitrogen and oxygen atoms in total. The van der Waals surface area contributed by atoms with Crippen LogP contribution in [-0.2, 0) is 9.59 Å². The van der Waals surface area contributed by atoms with Gasteiger partial charge in [0.1, 0.15) is 12.1 Å². The number of halogens is 2.